The van der Waals surface area contributed by atoms with E-state index in [9.17, 15) is 21.6 Å². The number of aromatic nitrogens is 2. The summed E-state index contributed by atoms with van der Waals surface area (Å²) in [6.45, 7) is 3.81. The van der Waals surface area contributed by atoms with Crippen molar-refractivity contribution >= 4 is 21.7 Å². The van der Waals surface area contributed by atoms with Crippen LogP contribution in [0.1, 0.15) is 17.0 Å². The van der Waals surface area contributed by atoms with Crippen LogP contribution in [-0.2, 0) is 16.6 Å². The summed E-state index contributed by atoms with van der Waals surface area (Å²) in [5.41, 5.74) is 2.64. The first kappa shape index (κ1) is 22.3. The minimum Gasteiger partial charge on any atom is -0.406 e. The van der Waals surface area contributed by atoms with Crippen LogP contribution in [0.4, 0.5) is 24.8 Å². The molecule has 164 valence electrons. The number of halogens is 3. The second-order valence-corrected chi connectivity index (χ2v) is 8.33. The fourth-order valence-electron chi connectivity index (χ4n) is 2.72. The Morgan fingerprint density at radius 2 is 1.52 bits per heavy atom. The Balaban J connectivity index is 1.62. The van der Waals surface area contributed by atoms with E-state index in [4.69, 9.17) is 0 Å². The topological polar surface area (TPSA) is 93.2 Å². The zero-order chi connectivity index (χ0) is 22.6. The number of nitrogens with one attached hydrogen (secondary N) is 2. The SMILES string of the molecule is Cc1cc(C)nc(NS(=O)(=O)c2ccc(NCc3ccc(OC(F)(F)F)cc3)cc2)n1. The number of sulfonamides is 1. The van der Waals surface area contributed by atoms with Crippen molar-refractivity contribution in [2.75, 3.05) is 10.0 Å². The van der Waals surface area contributed by atoms with Crippen LogP contribution in [0, 0.1) is 13.8 Å². The maximum absolute atomic E-state index is 12.5. The van der Waals surface area contributed by atoms with Crippen molar-refractivity contribution in [3.8, 4) is 5.75 Å². The predicted molar refractivity (Wildman–Crippen MR) is 109 cm³/mol. The first-order valence-corrected chi connectivity index (χ1v) is 10.5. The van der Waals surface area contributed by atoms with Gasteiger partial charge in [0, 0.05) is 23.6 Å². The molecule has 0 aliphatic heterocycles. The Bertz CT molecular complexity index is 1130. The van der Waals surface area contributed by atoms with Crippen molar-refractivity contribution in [1.29, 1.82) is 0 Å². The minimum atomic E-state index is -4.74. The van der Waals surface area contributed by atoms with E-state index in [0.717, 1.165) is 5.56 Å². The third-order valence-corrected chi connectivity index (χ3v) is 5.37. The molecule has 31 heavy (non-hydrogen) atoms. The number of nitrogens with zero attached hydrogens (tertiary/aromatic N) is 2. The zero-order valence-electron chi connectivity index (χ0n) is 16.6. The molecule has 3 rings (SSSR count). The summed E-state index contributed by atoms with van der Waals surface area (Å²) in [5, 5.41) is 3.07. The summed E-state index contributed by atoms with van der Waals surface area (Å²) in [4.78, 5) is 8.17. The number of alkyl halides is 3. The Morgan fingerprint density at radius 3 is 2.06 bits per heavy atom. The van der Waals surface area contributed by atoms with Crippen molar-refractivity contribution < 1.29 is 26.3 Å². The van der Waals surface area contributed by atoms with Crippen molar-refractivity contribution in [1.82, 2.24) is 9.97 Å². The molecule has 11 heteroatoms. The Hall–Kier alpha value is -3.34. The van der Waals surface area contributed by atoms with E-state index >= 15 is 0 Å². The summed E-state index contributed by atoms with van der Waals surface area (Å²) < 4.78 is 67.9. The van der Waals surface area contributed by atoms with Gasteiger partial charge in [0.15, 0.2) is 0 Å². The van der Waals surface area contributed by atoms with Gasteiger partial charge in [0.1, 0.15) is 5.75 Å². The fourth-order valence-corrected chi connectivity index (χ4v) is 3.66. The quantitative estimate of drug-likeness (QED) is 0.552. The minimum absolute atomic E-state index is 0.00217. The summed E-state index contributed by atoms with van der Waals surface area (Å²) in [7, 11) is -3.86. The summed E-state index contributed by atoms with van der Waals surface area (Å²) in [6, 6.07) is 13.2. The molecule has 0 atom stereocenters. The molecule has 0 amide bonds. The molecular weight excluding hydrogens is 433 g/mol. The van der Waals surface area contributed by atoms with Gasteiger partial charge < -0.3 is 10.1 Å². The van der Waals surface area contributed by atoms with Gasteiger partial charge in [0.05, 0.1) is 4.90 Å². The molecule has 1 aromatic heterocycles. The molecule has 0 aliphatic rings. The highest BCUT2D eigenvalue weighted by Gasteiger charge is 2.30. The van der Waals surface area contributed by atoms with Gasteiger partial charge >= 0.3 is 6.36 Å². The Kier molecular flexibility index (Phi) is 6.34. The van der Waals surface area contributed by atoms with Crippen LogP contribution in [-0.4, -0.2) is 24.7 Å². The van der Waals surface area contributed by atoms with E-state index in [1.807, 2.05) is 0 Å². The lowest BCUT2D eigenvalue weighted by atomic mass is 10.2. The highest BCUT2D eigenvalue weighted by Crippen LogP contribution is 2.23. The summed E-state index contributed by atoms with van der Waals surface area (Å²) >= 11 is 0. The van der Waals surface area contributed by atoms with Gasteiger partial charge in [0.2, 0.25) is 5.95 Å². The van der Waals surface area contributed by atoms with E-state index in [1.54, 1.807) is 32.0 Å². The van der Waals surface area contributed by atoms with Gasteiger partial charge in [-0.05, 0) is 61.9 Å². The fraction of sp³-hybridized carbons (Fsp3) is 0.200. The average molecular weight is 452 g/mol. The number of ether oxygens (including phenoxy) is 1. The van der Waals surface area contributed by atoms with Gasteiger partial charge in [-0.3, -0.25) is 0 Å². The molecule has 0 saturated carbocycles. The molecule has 0 radical (unpaired) electrons. The molecule has 0 fully saturated rings. The molecule has 3 aromatic rings. The second-order valence-electron chi connectivity index (χ2n) is 6.65. The van der Waals surface area contributed by atoms with Crippen LogP contribution in [0.5, 0.6) is 5.75 Å². The molecule has 2 N–H and O–H groups in total. The van der Waals surface area contributed by atoms with E-state index in [2.05, 4.69) is 24.7 Å². The predicted octanol–water partition coefficient (Wildman–Crippen LogP) is 4.40. The molecule has 0 saturated heterocycles. The van der Waals surface area contributed by atoms with Crippen molar-refractivity contribution in [2.45, 2.75) is 31.7 Å². The third kappa shape index (κ3) is 6.57. The highest BCUT2D eigenvalue weighted by molar-refractivity contribution is 7.92. The average Bonchev–Trinajstić information content (AvgIpc) is 2.65. The van der Waals surface area contributed by atoms with Gasteiger partial charge in [-0.2, -0.15) is 0 Å². The summed E-state index contributed by atoms with van der Waals surface area (Å²) in [5.74, 6) is -0.302. The van der Waals surface area contributed by atoms with E-state index in [-0.39, 0.29) is 16.6 Å². The van der Waals surface area contributed by atoms with E-state index < -0.39 is 16.4 Å². The molecule has 0 aliphatic carbocycles. The third-order valence-electron chi connectivity index (χ3n) is 4.03. The maximum atomic E-state index is 12.5. The molecule has 0 unspecified atom stereocenters. The van der Waals surface area contributed by atoms with E-state index in [1.165, 1.54) is 36.4 Å². The standard InChI is InChI=1S/C20H19F3N4O3S/c1-13-11-14(2)26-19(25-13)27-31(28,29)18-9-5-16(6-10-18)24-12-15-3-7-17(8-4-15)30-20(21,22)23/h3-11,24H,12H2,1-2H3,(H,25,26,27). The van der Waals surface area contributed by atoms with Crippen LogP contribution in [0.25, 0.3) is 0 Å². The van der Waals surface area contributed by atoms with Crippen molar-refractivity contribution in [2.24, 2.45) is 0 Å². The molecule has 7 nitrogen and oxygen atoms in total. The number of hydrogen-bond donors (Lipinski definition) is 2. The smallest absolute Gasteiger partial charge is 0.406 e. The van der Waals surface area contributed by atoms with Crippen LogP contribution < -0.4 is 14.8 Å². The number of aryl methyl sites for hydroxylation is 2. The van der Waals surface area contributed by atoms with Crippen molar-refractivity contribution in [3.05, 3.63) is 71.5 Å². The zero-order valence-corrected chi connectivity index (χ0v) is 17.4. The van der Waals surface area contributed by atoms with Gasteiger partial charge in [0.25, 0.3) is 10.0 Å². The lowest BCUT2D eigenvalue weighted by molar-refractivity contribution is -0.274. The molecular formula is C20H19F3N4O3S. The molecule has 2 aromatic carbocycles. The highest BCUT2D eigenvalue weighted by atomic mass is 32.2. The van der Waals surface area contributed by atoms with Crippen LogP contribution in [0.15, 0.2) is 59.5 Å². The van der Waals surface area contributed by atoms with Crippen LogP contribution in [0.2, 0.25) is 0 Å². The molecule has 0 spiro atoms. The lowest BCUT2D eigenvalue weighted by Gasteiger charge is -2.11. The Labute approximate surface area is 177 Å². The van der Waals surface area contributed by atoms with Gasteiger partial charge in [-0.15, -0.1) is 13.2 Å². The monoisotopic (exact) mass is 452 g/mol. The van der Waals surface area contributed by atoms with E-state index in [0.29, 0.717) is 23.6 Å². The molecule has 1 heterocycles. The van der Waals surface area contributed by atoms with Crippen LogP contribution in [0.3, 0.4) is 0 Å². The normalized spacial score (nSPS) is 11.8. The van der Waals surface area contributed by atoms with Gasteiger partial charge in [-0.1, -0.05) is 12.1 Å². The Morgan fingerprint density at radius 1 is 0.935 bits per heavy atom. The maximum Gasteiger partial charge on any atom is 0.573 e. The lowest BCUT2D eigenvalue weighted by Crippen LogP contribution is -2.17. The summed E-state index contributed by atoms with van der Waals surface area (Å²) in [6.07, 6.45) is -4.74. The number of anilines is 2. The first-order valence-electron chi connectivity index (χ1n) is 9.04. The van der Waals surface area contributed by atoms with Crippen LogP contribution >= 0.6 is 0 Å². The number of benzene rings is 2. The number of rotatable bonds is 7. The first-order chi connectivity index (χ1) is 14.5. The number of hydrogen-bond acceptors (Lipinski definition) is 6. The second kappa shape index (κ2) is 8.80. The van der Waals surface area contributed by atoms with Crippen molar-refractivity contribution in [3.63, 3.8) is 0 Å². The largest absolute Gasteiger partial charge is 0.573 e. The van der Waals surface area contributed by atoms with Gasteiger partial charge in [-0.25, -0.2) is 23.1 Å². The molecule has 0 bridgehead atoms.